The second kappa shape index (κ2) is 9.88. The zero-order chi connectivity index (χ0) is 19.1. The molecule has 1 aliphatic heterocycles. The lowest BCUT2D eigenvalue weighted by atomic mass is 10.1. The van der Waals surface area contributed by atoms with Gasteiger partial charge in [0.05, 0.1) is 13.2 Å². The lowest BCUT2D eigenvalue weighted by Gasteiger charge is -2.37. The highest BCUT2D eigenvalue weighted by Crippen LogP contribution is 2.15. The van der Waals surface area contributed by atoms with Gasteiger partial charge < -0.3 is 10.1 Å². The van der Waals surface area contributed by atoms with Crippen molar-refractivity contribution >= 4 is 17.2 Å². The van der Waals surface area contributed by atoms with Crippen LogP contribution in [-0.2, 0) is 17.8 Å². The van der Waals surface area contributed by atoms with Gasteiger partial charge in [-0.15, -0.1) is 11.3 Å². The topological polar surface area (TPSA) is 44.8 Å². The molecule has 1 amide bonds. The van der Waals surface area contributed by atoms with Crippen molar-refractivity contribution in [3.63, 3.8) is 0 Å². The standard InChI is InChI=1S/C21H29N3O2S/c1-17(21(25)22-10-9-20-4-3-15-27-20)24-13-11-23(12-14-24)16-18-5-7-19(26-2)8-6-18/h3-8,15,17H,9-14,16H2,1-2H3,(H,22,25)/t17-/m1/s1. The van der Waals surface area contributed by atoms with E-state index in [1.807, 2.05) is 19.1 Å². The Hall–Kier alpha value is -1.89. The molecule has 0 saturated carbocycles. The van der Waals surface area contributed by atoms with Gasteiger partial charge in [0.1, 0.15) is 5.75 Å². The highest BCUT2D eigenvalue weighted by atomic mass is 32.1. The maximum atomic E-state index is 12.4. The molecule has 1 aromatic carbocycles. The molecule has 5 nitrogen and oxygen atoms in total. The summed E-state index contributed by atoms with van der Waals surface area (Å²) in [4.78, 5) is 18.5. The molecule has 146 valence electrons. The third kappa shape index (κ3) is 5.79. The molecule has 1 N–H and O–H groups in total. The van der Waals surface area contributed by atoms with Crippen molar-refractivity contribution in [1.29, 1.82) is 0 Å². The molecule has 0 radical (unpaired) electrons. The van der Waals surface area contributed by atoms with Gasteiger partial charge >= 0.3 is 0 Å². The SMILES string of the molecule is COc1ccc(CN2CCN([C@H](C)C(=O)NCCc3cccs3)CC2)cc1. The Morgan fingerprint density at radius 3 is 2.56 bits per heavy atom. The van der Waals surface area contributed by atoms with Crippen LogP contribution in [0.15, 0.2) is 41.8 Å². The molecule has 0 unspecified atom stereocenters. The van der Waals surface area contributed by atoms with E-state index in [1.54, 1.807) is 18.4 Å². The normalized spacial score (nSPS) is 16.8. The monoisotopic (exact) mass is 387 g/mol. The van der Waals surface area contributed by atoms with Crippen LogP contribution in [0.4, 0.5) is 0 Å². The molecule has 3 rings (SSSR count). The fourth-order valence-corrected chi connectivity index (χ4v) is 4.08. The minimum Gasteiger partial charge on any atom is -0.497 e. The summed E-state index contributed by atoms with van der Waals surface area (Å²) in [6, 6.07) is 12.3. The van der Waals surface area contributed by atoms with Crippen LogP contribution in [0.25, 0.3) is 0 Å². The zero-order valence-electron chi connectivity index (χ0n) is 16.2. The van der Waals surface area contributed by atoms with Crippen molar-refractivity contribution in [3.8, 4) is 5.75 Å². The Bertz CT molecular complexity index is 695. The summed E-state index contributed by atoms with van der Waals surface area (Å²) in [5.41, 5.74) is 1.30. The van der Waals surface area contributed by atoms with Crippen LogP contribution in [0.3, 0.4) is 0 Å². The van der Waals surface area contributed by atoms with E-state index in [1.165, 1.54) is 10.4 Å². The van der Waals surface area contributed by atoms with Gasteiger partial charge in [0.25, 0.3) is 0 Å². The van der Waals surface area contributed by atoms with Gasteiger partial charge in [0.2, 0.25) is 5.91 Å². The van der Waals surface area contributed by atoms with E-state index in [0.717, 1.165) is 44.9 Å². The number of thiophene rings is 1. The number of hydrogen-bond donors (Lipinski definition) is 1. The number of benzene rings is 1. The molecular formula is C21H29N3O2S. The van der Waals surface area contributed by atoms with E-state index in [-0.39, 0.29) is 11.9 Å². The molecule has 1 aromatic heterocycles. The molecule has 2 heterocycles. The number of piperazine rings is 1. The summed E-state index contributed by atoms with van der Waals surface area (Å²) < 4.78 is 5.21. The summed E-state index contributed by atoms with van der Waals surface area (Å²) in [7, 11) is 1.69. The molecular weight excluding hydrogens is 358 g/mol. The second-order valence-corrected chi connectivity index (χ2v) is 7.99. The van der Waals surface area contributed by atoms with Gasteiger partial charge in [0.15, 0.2) is 0 Å². The molecule has 0 bridgehead atoms. The number of hydrogen-bond acceptors (Lipinski definition) is 5. The van der Waals surface area contributed by atoms with Crippen LogP contribution >= 0.6 is 11.3 Å². The highest BCUT2D eigenvalue weighted by Gasteiger charge is 2.25. The predicted octanol–water partition coefficient (Wildman–Crippen LogP) is 2.62. The van der Waals surface area contributed by atoms with Crippen LogP contribution in [0.5, 0.6) is 5.75 Å². The first kappa shape index (κ1) is 19.9. The minimum atomic E-state index is -0.0727. The first-order valence-corrected chi connectivity index (χ1v) is 10.4. The van der Waals surface area contributed by atoms with Gasteiger partial charge in [-0.3, -0.25) is 14.6 Å². The number of rotatable bonds is 8. The minimum absolute atomic E-state index is 0.0727. The number of nitrogens with one attached hydrogen (secondary N) is 1. The molecule has 1 atom stereocenters. The Kier molecular flexibility index (Phi) is 7.26. The third-order valence-electron chi connectivity index (χ3n) is 5.15. The van der Waals surface area contributed by atoms with Gasteiger partial charge in [-0.2, -0.15) is 0 Å². The van der Waals surface area contributed by atoms with E-state index >= 15 is 0 Å². The first-order chi connectivity index (χ1) is 13.2. The highest BCUT2D eigenvalue weighted by molar-refractivity contribution is 7.09. The van der Waals surface area contributed by atoms with Crippen LogP contribution in [0.1, 0.15) is 17.4 Å². The quantitative estimate of drug-likeness (QED) is 0.756. The van der Waals surface area contributed by atoms with Crippen molar-refractivity contribution in [1.82, 2.24) is 15.1 Å². The largest absolute Gasteiger partial charge is 0.497 e. The molecule has 0 spiro atoms. The van der Waals surface area contributed by atoms with Gasteiger partial charge in [-0.05, 0) is 42.5 Å². The van der Waals surface area contributed by atoms with Gasteiger partial charge in [-0.25, -0.2) is 0 Å². The van der Waals surface area contributed by atoms with E-state index in [4.69, 9.17) is 4.74 Å². The number of methoxy groups -OCH3 is 1. The summed E-state index contributed by atoms with van der Waals surface area (Å²) in [5, 5.41) is 5.16. The molecule has 1 aliphatic rings. The van der Waals surface area contributed by atoms with Crippen molar-refractivity contribution in [2.75, 3.05) is 39.8 Å². The van der Waals surface area contributed by atoms with Crippen molar-refractivity contribution in [3.05, 3.63) is 52.2 Å². The van der Waals surface area contributed by atoms with Crippen LogP contribution in [0, 0.1) is 0 Å². The first-order valence-electron chi connectivity index (χ1n) is 9.55. The Morgan fingerprint density at radius 1 is 1.19 bits per heavy atom. The summed E-state index contributed by atoms with van der Waals surface area (Å²) in [6.45, 7) is 7.49. The van der Waals surface area contributed by atoms with Crippen molar-refractivity contribution < 1.29 is 9.53 Å². The molecule has 1 fully saturated rings. The Labute approximate surface area is 165 Å². The Balaban J connectivity index is 1.38. The number of carbonyl (C=O) groups is 1. The maximum absolute atomic E-state index is 12.4. The summed E-state index contributed by atoms with van der Waals surface area (Å²) in [6.07, 6.45) is 0.908. The van der Waals surface area contributed by atoms with Crippen LogP contribution < -0.4 is 10.1 Å². The second-order valence-electron chi connectivity index (χ2n) is 6.96. The van der Waals surface area contributed by atoms with Gasteiger partial charge in [-0.1, -0.05) is 18.2 Å². The van der Waals surface area contributed by atoms with Crippen molar-refractivity contribution in [2.24, 2.45) is 0 Å². The maximum Gasteiger partial charge on any atom is 0.237 e. The predicted molar refractivity (Wildman–Crippen MR) is 110 cm³/mol. The average Bonchev–Trinajstić information content (AvgIpc) is 3.22. The fourth-order valence-electron chi connectivity index (χ4n) is 3.38. The molecule has 6 heteroatoms. The van der Waals surface area contributed by atoms with Gasteiger partial charge in [0, 0.05) is 44.1 Å². The Morgan fingerprint density at radius 2 is 1.93 bits per heavy atom. The van der Waals surface area contributed by atoms with Crippen LogP contribution in [0.2, 0.25) is 0 Å². The fraction of sp³-hybridized carbons (Fsp3) is 0.476. The summed E-state index contributed by atoms with van der Waals surface area (Å²) in [5.74, 6) is 1.03. The van der Waals surface area contributed by atoms with Crippen molar-refractivity contribution in [2.45, 2.75) is 25.9 Å². The third-order valence-corrected chi connectivity index (χ3v) is 6.09. The lowest BCUT2D eigenvalue weighted by Crippen LogP contribution is -2.53. The number of nitrogens with zero attached hydrogens (tertiary/aromatic N) is 2. The summed E-state index contributed by atoms with van der Waals surface area (Å²) >= 11 is 1.74. The molecule has 1 saturated heterocycles. The number of ether oxygens (including phenoxy) is 1. The number of carbonyl (C=O) groups excluding carboxylic acids is 1. The number of amides is 1. The van der Waals surface area contributed by atoms with E-state index in [0.29, 0.717) is 6.54 Å². The molecule has 2 aromatic rings. The van der Waals surface area contributed by atoms with E-state index < -0.39 is 0 Å². The zero-order valence-corrected chi connectivity index (χ0v) is 17.0. The van der Waals surface area contributed by atoms with E-state index in [9.17, 15) is 4.79 Å². The average molecular weight is 388 g/mol. The molecule has 27 heavy (non-hydrogen) atoms. The van der Waals surface area contributed by atoms with E-state index in [2.05, 4.69) is 44.8 Å². The van der Waals surface area contributed by atoms with Crippen LogP contribution in [-0.4, -0.2) is 61.6 Å². The lowest BCUT2D eigenvalue weighted by molar-refractivity contribution is -0.126. The molecule has 0 aliphatic carbocycles. The smallest absolute Gasteiger partial charge is 0.237 e.